The number of hydrogen-bond acceptors (Lipinski definition) is 6. The molecule has 354 valence electrons. The van der Waals surface area contributed by atoms with E-state index in [-0.39, 0.29) is 31.1 Å². The summed E-state index contributed by atoms with van der Waals surface area (Å²) in [6, 6.07) is 0. The van der Waals surface area contributed by atoms with Crippen LogP contribution in [0.5, 0.6) is 0 Å². The first-order valence-corrected chi connectivity index (χ1v) is 26.1. The molecule has 61 heavy (non-hydrogen) atoms. The Labute approximate surface area is 378 Å². The lowest BCUT2D eigenvalue weighted by Gasteiger charge is -2.18. The van der Waals surface area contributed by atoms with E-state index in [1.165, 1.54) is 154 Å². The van der Waals surface area contributed by atoms with Gasteiger partial charge < -0.3 is 14.2 Å². The third-order valence-electron chi connectivity index (χ3n) is 11.3. The summed E-state index contributed by atoms with van der Waals surface area (Å²) < 4.78 is 16.7. The second kappa shape index (κ2) is 50.0. The van der Waals surface area contributed by atoms with Crippen molar-refractivity contribution in [2.24, 2.45) is 0 Å². The SMILES string of the molecule is CCCCC/C=C\C/C=C\CCCCCCCCCC(=O)OCC(COC(=O)CCC/C=C\CCCCCC)OC(=O)CCCCCCCCC/C=C\CCCCCCCC. The molecular weight excluding hydrogens is 757 g/mol. The van der Waals surface area contributed by atoms with E-state index in [4.69, 9.17) is 14.2 Å². The average molecular weight is 855 g/mol. The molecule has 6 nitrogen and oxygen atoms in total. The Morgan fingerprint density at radius 3 is 1.03 bits per heavy atom. The van der Waals surface area contributed by atoms with Gasteiger partial charge in [-0.1, -0.05) is 198 Å². The van der Waals surface area contributed by atoms with Gasteiger partial charge in [-0.2, -0.15) is 0 Å². The Kier molecular flexibility index (Phi) is 47.9. The normalized spacial score (nSPS) is 12.4. The van der Waals surface area contributed by atoms with Crippen molar-refractivity contribution in [3.05, 3.63) is 48.6 Å². The Morgan fingerprint density at radius 2 is 0.607 bits per heavy atom. The molecule has 0 aromatic rings. The molecule has 0 amide bonds. The summed E-state index contributed by atoms with van der Waals surface area (Å²) in [4.78, 5) is 37.9. The van der Waals surface area contributed by atoms with Crippen molar-refractivity contribution >= 4 is 17.9 Å². The summed E-state index contributed by atoms with van der Waals surface area (Å²) in [5.41, 5.74) is 0. The van der Waals surface area contributed by atoms with Crippen LogP contribution in [0.4, 0.5) is 0 Å². The highest BCUT2D eigenvalue weighted by Gasteiger charge is 2.19. The van der Waals surface area contributed by atoms with Crippen molar-refractivity contribution in [2.75, 3.05) is 13.2 Å². The van der Waals surface area contributed by atoms with Gasteiger partial charge in [-0.25, -0.2) is 0 Å². The molecule has 0 aromatic heterocycles. The third kappa shape index (κ3) is 48.3. The van der Waals surface area contributed by atoms with Crippen LogP contribution in [0.15, 0.2) is 48.6 Å². The quantitative estimate of drug-likeness (QED) is 0.0263. The number of allylic oxidation sites excluding steroid dienone is 8. The maximum atomic E-state index is 12.8. The fourth-order valence-corrected chi connectivity index (χ4v) is 7.29. The number of carbonyl (C=O) groups is 3. The molecule has 0 radical (unpaired) electrons. The van der Waals surface area contributed by atoms with Crippen LogP contribution >= 0.6 is 0 Å². The van der Waals surface area contributed by atoms with Gasteiger partial charge in [0, 0.05) is 19.3 Å². The first-order valence-electron chi connectivity index (χ1n) is 26.1. The topological polar surface area (TPSA) is 78.9 Å². The van der Waals surface area contributed by atoms with Gasteiger partial charge >= 0.3 is 17.9 Å². The summed E-state index contributed by atoms with van der Waals surface area (Å²) in [5, 5.41) is 0. The monoisotopic (exact) mass is 855 g/mol. The van der Waals surface area contributed by atoms with Crippen LogP contribution in [0.2, 0.25) is 0 Å². The first kappa shape index (κ1) is 58.4. The highest BCUT2D eigenvalue weighted by molar-refractivity contribution is 5.71. The first-order chi connectivity index (χ1) is 30.0. The van der Waals surface area contributed by atoms with Gasteiger partial charge in [0.1, 0.15) is 13.2 Å². The predicted octanol–water partition coefficient (Wildman–Crippen LogP) is 17.1. The minimum Gasteiger partial charge on any atom is -0.462 e. The van der Waals surface area contributed by atoms with Crippen molar-refractivity contribution in [3.63, 3.8) is 0 Å². The summed E-state index contributed by atoms with van der Waals surface area (Å²) in [6.45, 7) is 6.55. The molecule has 0 saturated carbocycles. The van der Waals surface area contributed by atoms with Gasteiger partial charge in [-0.3, -0.25) is 14.4 Å². The lowest BCUT2D eigenvalue weighted by atomic mass is 10.1. The highest BCUT2D eigenvalue weighted by Crippen LogP contribution is 2.14. The molecule has 0 N–H and O–H groups in total. The number of carbonyl (C=O) groups excluding carboxylic acids is 3. The fourth-order valence-electron chi connectivity index (χ4n) is 7.29. The second-order valence-electron chi connectivity index (χ2n) is 17.4. The number of unbranched alkanes of at least 4 members (excludes halogenated alkanes) is 28. The van der Waals surface area contributed by atoms with Gasteiger partial charge in [-0.15, -0.1) is 0 Å². The van der Waals surface area contributed by atoms with Crippen LogP contribution in [0, 0.1) is 0 Å². The standard InChI is InChI=1S/C55H98O6/c1-4-7-10-13-16-19-21-23-25-27-29-31-33-36-39-42-45-48-54(57)60-51-52(50-59-53(56)47-44-41-38-35-18-15-12-9-6-3)61-55(58)49-46-43-40-37-34-32-30-28-26-24-22-20-17-14-11-8-5-2/h16,19,23-26,35,38,52H,4-15,17-18,20-22,27-34,36-37,39-51H2,1-3H3/b19-16-,25-23-,26-24-,38-35-. The number of esters is 3. The molecule has 0 aliphatic heterocycles. The highest BCUT2D eigenvalue weighted by atomic mass is 16.6. The summed E-state index contributed by atoms with van der Waals surface area (Å²) in [5.74, 6) is -0.929. The zero-order valence-corrected chi connectivity index (χ0v) is 40.4. The smallest absolute Gasteiger partial charge is 0.306 e. The van der Waals surface area contributed by atoms with Gasteiger partial charge in [0.25, 0.3) is 0 Å². The van der Waals surface area contributed by atoms with E-state index in [2.05, 4.69) is 69.4 Å². The molecule has 6 heteroatoms. The minimum absolute atomic E-state index is 0.0868. The molecule has 0 aliphatic rings. The van der Waals surface area contributed by atoms with Gasteiger partial charge in [-0.05, 0) is 96.3 Å². The van der Waals surface area contributed by atoms with Crippen LogP contribution in [0.3, 0.4) is 0 Å². The molecule has 0 aromatic carbocycles. The van der Waals surface area contributed by atoms with E-state index < -0.39 is 6.10 Å². The van der Waals surface area contributed by atoms with Crippen molar-refractivity contribution < 1.29 is 28.6 Å². The predicted molar refractivity (Wildman–Crippen MR) is 261 cm³/mol. The summed E-state index contributed by atoms with van der Waals surface area (Å²) in [7, 11) is 0. The summed E-state index contributed by atoms with van der Waals surface area (Å²) >= 11 is 0. The molecule has 0 heterocycles. The van der Waals surface area contributed by atoms with E-state index in [1.54, 1.807) is 0 Å². The molecule has 0 spiro atoms. The van der Waals surface area contributed by atoms with Gasteiger partial charge in [0.05, 0.1) is 0 Å². The minimum atomic E-state index is -0.787. The number of rotatable bonds is 47. The molecule has 0 aliphatic carbocycles. The molecule has 0 rings (SSSR count). The third-order valence-corrected chi connectivity index (χ3v) is 11.3. The lowest BCUT2D eigenvalue weighted by Crippen LogP contribution is -2.30. The second-order valence-corrected chi connectivity index (χ2v) is 17.4. The fraction of sp³-hybridized carbons (Fsp3) is 0.800. The van der Waals surface area contributed by atoms with Crippen molar-refractivity contribution in [1.82, 2.24) is 0 Å². The van der Waals surface area contributed by atoms with Crippen LogP contribution < -0.4 is 0 Å². The van der Waals surface area contributed by atoms with Crippen molar-refractivity contribution in [1.29, 1.82) is 0 Å². The number of ether oxygens (including phenoxy) is 3. The molecule has 1 atom stereocenters. The zero-order chi connectivity index (χ0) is 44.4. The van der Waals surface area contributed by atoms with Crippen molar-refractivity contribution in [3.8, 4) is 0 Å². The van der Waals surface area contributed by atoms with Crippen LogP contribution in [-0.4, -0.2) is 37.2 Å². The van der Waals surface area contributed by atoms with Gasteiger partial charge in [0.2, 0.25) is 0 Å². The van der Waals surface area contributed by atoms with Crippen LogP contribution in [0.1, 0.15) is 265 Å². The lowest BCUT2D eigenvalue weighted by molar-refractivity contribution is -0.167. The largest absolute Gasteiger partial charge is 0.462 e. The van der Waals surface area contributed by atoms with Crippen LogP contribution in [-0.2, 0) is 28.6 Å². The maximum Gasteiger partial charge on any atom is 0.306 e. The van der Waals surface area contributed by atoms with E-state index in [1.807, 2.05) is 0 Å². The molecule has 0 saturated heterocycles. The molecule has 0 bridgehead atoms. The van der Waals surface area contributed by atoms with Gasteiger partial charge in [0.15, 0.2) is 6.10 Å². The van der Waals surface area contributed by atoms with E-state index >= 15 is 0 Å². The Morgan fingerprint density at radius 1 is 0.328 bits per heavy atom. The molecule has 1 unspecified atom stereocenters. The van der Waals surface area contributed by atoms with E-state index in [9.17, 15) is 14.4 Å². The van der Waals surface area contributed by atoms with E-state index in [0.717, 1.165) is 70.6 Å². The number of hydrogen-bond donors (Lipinski definition) is 0. The summed E-state index contributed by atoms with van der Waals surface area (Å²) in [6.07, 6.45) is 59.6. The van der Waals surface area contributed by atoms with E-state index in [0.29, 0.717) is 19.3 Å². The molecular formula is C55H98O6. The Bertz CT molecular complexity index is 1070. The molecule has 0 fully saturated rings. The Hall–Kier alpha value is -2.63. The van der Waals surface area contributed by atoms with Crippen LogP contribution in [0.25, 0.3) is 0 Å². The maximum absolute atomic E-state index is 12.8. The average Bonchev–Trinajstić information content (AvgIpc) is 3.26. The Balaban J connectivity index is 4.34. The zero-order valence-electron chi connectivity index (χ0n) is 40.4. The van der Waals surface area contributed by atoms with Crippen molar-refractivity contribution in [2.45, 2.75) is 271 Å².